The Labute approximate surface area is 132 Å². The molecule has 0 aliphatic carbocycles. The van der Waals surface area contributed by atoms with E-state index in [1.807, 2.05) is 4.90 Å². The number of aromatic carboxylic acids is 1. The Kier molecular flexibility index (Phi) is 3.83. The van der Waals surface area contributed by atoms with Gasteiger partial charge in [-0.3, -0.25) is 4.90 Å². The Morgan fingerprint density at radius 2 is 2.09 bits per heavy atom. The molecule has 2 aromatic rings. The highest BCUT2D eigenvalue weighted by atomic mass is 19.3. The summed E-state index contributed by atoms with van der Waals surface area (Å²) in [4.78, 5) is 20.3. The van der Waals surface area contributed by atoms with Crippen LogP contribution in [0.1, 0.15) is 29.9 Å². The van der Waals surface area contributed by atoms with Crippen molar-refractivity contribution in [1.82, 2.24) is 14.9 Å². The maximum atomic E-state index is 14.0. The quantitative estimate of drug-likeness (QED) is 0.911. The standard InChI is InChI=1S/C16H19F2N3O2/c1-9-6-21(7-10(2)16(9,17)18)8-11-5-13(15(22)23)20-12-3-4-19-14(11)12/h3-5,9-10,19H,6-8H2,1-2H3,(H,22,23)/t9-,10+. The number of aromatic nitrogens is 2. The number of likely N-dealkylation sites (tertiary alicyclic amines) is 1. The van der Waals surface area contributed by atoms with Crippen molar-refractivity contribution < 1.29 is 18.7 Å². The molecule has 7 heteroatoms. The minimum Gasteiger partial charge on any atom is -0.477 e. The zero-order valence-corrected chi connectivity index (χ0v) is 13.0. The van der Waals surface area contributed by atoms with Gasteiger partial charge in [-0.05, 0) is 17.7 Å². The third kappa shape index (κ3) is 2.81. The van der Waals surface area contributed by atoms with Gasteiger partial charge in [0, 0.05) is 37.7 Å². The number of pyridine rings is 1. The van der Waals surface area contributed by atoms with Crippen molar-refractivity contribution in [3.63, 3.8) is 0 Å². The molecule has 1 aliphatic heterocycles. The van der Waals surface area contributed by atoms with E-state index in [0.717, 1.165) is 11.1 Å². The van der Waals surface area contributed by atoms with Gasteiger partial charge in [-0.1, -0.05) is 13.8 Å². The highest BCUT2D eigenvalue weighted by Gasteiger charge is 2.46. The van der Waals surface area contributed by atoms with Gasteiger partial charge in [0.1, 0.15) is 5.69 Å². The molecule has 0 unspecified atom stereocenters. The van der Waals surface area contributed by atoms with Crippen LogP contribution in [-0.4, -0.2) is 45.0 Å². The fraction of sp³-hybridized carbons (Fsp3) is 0.500. The highest BCUT2D eigenvalue weighted by Crippen LogP contribution is 2.38. The van der Waals surface area contributed by atoms with E-state index >= 15 is 0 Å². The maximum Gasteiger partial charge on any atom is 0.354 e. The minimum atomic E-state index is -2.66. The third-order valence-electron chi connectivity index (χ3n) is 4.59. The molecule has 2 aromatic heterocycles. The molecule has 124 valence electrons. The van der Waals surface area contributed by atoms with E-state index in [-0.39, 0.29) is 18.8 Å². The average Bonchev–Trinajstić information content (AvgIpc) is 2.93. The van der Waals surface area contributed by atoms with E-state index in [1.165, 1.54) is 6.07 Å². The molecule has 1 fully saturated rings. The number of halogens is 2. The topological polar surface area (TPSA) is 69.2 Å². The molecule has 5 nitrogen and oxygen atoms in total. The summed E-state index contributed by atoms with van der Waals surface area (Å²) < 4.78 is 27.9. The van der Waals surface area contributed by atoms with Crippen molar-refractivity contribution in [2.45, 2.75) is 26.3 Å². The first-order valence-corrected chi connectivity index (χ1v) is 7.59. The second kappa shape index (κ2) is 5.56. The molecule has 1 saturated heterocycles. The molecular weight excluding hydrogens is 304 g/mol. The van der Waals surface area contributed by atoms with Gasteiger partial charge in [-0.2, -0.15) is 0 Å². The zero-order valence-electron chi connectivity index (χ0n) is 13.0. The van der Waals surface area contributed by atoms with Gasteiger partial charge in [0.2, 0.25) is 0 Å². The van der Waals surface area contributed by atoms with E-state index < -0.39 is 23.7 Å². The third-order valence-corrected chi connectivity index (χ3v) is 4.59. The van der Waals surface area contributed by atoms with Crippen LogP contribution in [0.15, 0.2) is 18.3 Å². The van der Waals surface area contributed by atoms with Gasteiger partial charge in [0.05, 0.1) is 11.0 Å². The average molecular weight is 323 g/mol. The van der Waals surface area contributed by atoms with Gasteiger partial charge in [0.15, 0.2) is 0 Å². The van der Waals surface area contributed by atoms with Crippen molar-refractivity contribution in [3.8, 4) is 0 Å². The smallest absolute Gasteiger partial charge is 0.354 e. The van der Waals surface area contributed by atoms with Crippen LogP contribution in [0.5, 0.6) is 0 Å². The molecule has 0 amide bonds. The van der Waals surface area contributed by atoms with Crippen LogP contribution in [0.3, 0.4) is 0 Å². The lowest BCUT2D eigenvalue weighted by Gasteiger charge is -2.41. The number of alkyl halides is 2. The Morgan fingerprint density at radius 1 is 1.43 bits per heavy atom. The number of nitrogens with zero attached hydrogens (tertiary/aromatic N) is 2. The number of fused-ring (bicyclic) bond motifs is 1. The summed E-state index contributed by atoms with van der Waals surface area (Å²) >= 11 is 0. The molecule has 3 heterocycles. The zero-order chi connectivity index (χ0) is 16.8. The van der Waals surface area contributed by atoms with Crippen molar-refractivity contribution in [2.75, 3.05) is 13.1 Å². The van der Waals surface area contributed by atoms with Gasteiger partial charge >= 0.3 is 5.97 Å². The number of hydrogen-bond acceptors (Lipinski definition) is 3. The fourth-order valence-corrected chi connectivity index (χ4v) is 3.29. The van der Waals surface area contributed by atoms with Gasteiger partial charge in [-0.15, -0.1) is 0 Å². The number of rotatable bonds is 3. The van der Waals surface area contributed by atoms with E-state index in [1.54, 1.807) is 26.1 Å². The van der Waals surface area contributed by atoms with Crippen LogP contribution >= 0.6 is 0 Å². The van der Waals surface area contributed by atoms with E-state index in [2.05, 4.69) is 9.97 Å². The monoisotopic (exact) mass is 323 g/mol. The van der Waals surface area contributed by atoms with Gasteiger partial charge < -0.3 is 10.1 Å². The molecule has 0 radical (unpaired) electrons. The van der Waals surface area contributed by atoms with Gasteiger partial charge in [-0.25, -0.2) is 18.6 Å². The predicted octanol–water partition coefficient (Wildman–Crippen LogP) is 2.98. The fourth-order valence-electron chi connectivity index (χ4n) is 3.29. The number of nitrogens with one attached hydrogen (secondary N) is 1. The Balaban J connectivity index is 1.90. The lowest BCUT2D eigenvalue weighted by molar-refractivity contribution is -0.140. The summed E-state index contributed by atoms with van der Waals surface area (Å²) in [5.41, 5.74) is 2.06. The maximum absolute atomic E-state index is 14.0. The van der Waals surface area contributed by atoms with Crippen LogP contribution in [0, 0.1) is 11.8 Å². The lowest BCUT2D eigenvalue weighted by atomic mass is 9.87. The Bertz CT molecular complexity index is 730. The molecule has 2 N–H and O–H groups in total. The van der Waals surface area contributed by atoms with Crippen LogP contribution in [0.4, 0.5) is 8.78 Å². The van der Waals surface area contributed by atoms with Crippen LogP contribution < -0.4 is 0 Å². The van der Waals surface area contributed by atoms with Crippen molar-refractivity contribution in [3.05, 3.63) is 29.6 Å². The molecule has 2 atom stereocenters. The lowest BCUT2D eigenvalue weighted by Crippen LogP contribution is -2.51. The second-order valence-corrected chi connectivity index (χ2v) is 6.38. The second-order valence-electron chi connectivity index (χ2n) is 6.38. The first-order chi connectivity index (χ1) is 10.8. The summed E-state index contributed by atoms with van der Waals surface area (Å²) in [7, 11) is 0. The Morgan fingerprint density at radius 3 is 2.70 bits per heavy atom. The first kappa shape index (κ1) is 15.9. The summed E-state index contributed by atoms with van der Waals surface area (Å²) in [6, 6.07) is 3.23. The molecule has 0 spiro atoms. The number of carboxylic acids is 1. The van der Waals surface area contributed by atoms with E-state index in [0.29, 0.717) is 12.1 Å². The van der Waals surface area contributed by atoms with Crippen molar-refractivity contribution >= 4 is 17.0 Å². The number of carbonyl (C=O) groups is 1. The SMILES string of the molecule is C[C@@H]1CN(Cc2cc(C(=O)O)nc3cc[nH]c23)C[C@H](C)C1(F)F. The molecule has 1 aliphatic rings. The number of hydrogen-bond donors (Lipinski definition) is 2. The molecule has 0 bridgehead atoms. The van der Waals surface area contributed by atoms with Crippen LogP contribution in [0.2, 0.25) is 0 Å². The number of aromatic amines is 1. The van der Waals surface area contributed by atoms with Gasteiger partial charge in [0.25, 0.3) is 5.92 Å². The molecule has 0 aromatic carbocycles. The summed E-state index contributed by atoms with van der Waals surface area (Å²) in [5.74, 6) is -5.22. The molecule has 0 saturated carbocycles. The highest BCUT2D eigenvalue weighted by molar-refractivity contribution is 5.90. The normalized spacial score (nSPS) is 24.9. The van der Waals surface area contributed by atoms with Crippen LogP contribution in [0.25, 0.3) is 11.0 Å². The number of H-pyrrole nitrogens is 1. The summed E-state index contributed by atoms with van der Waals surface area (Å²) in [6.45, 7) is 4.10. The van der Waals surface area contributed by atoms with Crippen LogP contribution in [-0.2, 0) is 6.54 Å². The number of piperidine rings is 1. The predicted molar refractivity (Wildman–Crippen MR) is 81.6 cm³/mol. The van der Waals surface area contributed by atoms with Crippen molar-refractivity contribution in [1.29, 1.82) is 0 Å². The minimum absolute atomic E-state index is 0.0319. The summed E-state index contributed by atoms with van der Waals surface area (Å²) in [5, 5.41) is 9.18. The first-order valence-electron chi connectivity index (χ1n) is 7.59. The number of carboxylic acid groups (broad SMARTS) is 1. The van der Waals surface area contributed by atoms with E-state index in [9.17, 15) is 18.7 Å². The van der Waals surface area contributed by atoms with E-state index in [4.69, 9.17) is 0 Å². The Hall–Kier alpha value is -2.02. The molecule has 23 heavy (non-hydrogen) atoms. The largest absolute Gasteiger partial charge is 0.477 e. The summed E-state index contributed by atoms with van der Waals surface area (Å²) in [6.07, 6.45) is 1.70. The molecular formula is C16H19F2N3O2. The molecule has 3 rings (SSSR count). The van der Waals surface area contributed by atoms with Crippen molar-refractivity contribution in [2.24, 2.45) is 11.8 Å².